The smallest absolute Gasteiger partial charge is 0.246 e. The van der Waals surface area contributed by atoms with Crippen molar-refractivity contribution in [2.75, 3.05) is 34.2 Å². The van der Waals surface area contributed by atoms with Crippen molar-refractivity contribution in [3.8, 4) is 0 Å². The first-order valence-electron chi connectivity index (χ1n) is 17.6. The summed E-state index contributed by atoms with van der Waals surface area (Å²) in [4.78, 5) is 47.2. The Labute approximate surface area is 295 Å². The molecule has 1 aliphatic rings. The normalized spacial score (nSPS) is 17.6. The number of fused-ring (bicyclic) bond motifs is 1. The molecule has 0 aliphatic carbocycles. The first-order chi connectivity index (χ1) is 23.7. The van der Waals surface area contributed by atoms with E-state index in [9.17, 15) is 23.2 Å². The van der Waals surface area contributed by atoms with Crippen LogP contribution in [-0.4, -0.2) is 90.8 Å². The van der Waals surface area contributed by atoms with Gasteiger partial charge < -0.3 is 25.8 Å². The largest absolute Gasteiger partial charge is 0.354 e. The lowest BCUT2D eigenvalue weighted by Crippen LogP contribution is -2.56. The van der Waals surface area contributed by atoms with Gasteiger partial charge in [-0.1, -0.05) is 61.0 Å². The number of nitrogens with zero attached hydrogens (tertiary/aromatic N) is 3. The van der Waals surface area contributed by atoms with Crippen LogP contribution in [0.1, 0.15) is 57.6 Å². The number of likely N-dealkylation sites (N-methyl/N-ethyl adjacent to an activating group) is 2. The summed E-state index contributed by atoms with van der Waals surface area (Å²) >= 11 is 0. The van der Waals surface area contributed by atoms with Gasteiger partial charge >= 0.3 is 0 Å². The average molecular weight is 690 g/mol. The summed E-state index contributed by atoms with van der Waals surface area (Å²) in [6.07, 6.45) is 5.26. The van der Waals surface area contributed by atoms with Crippen LogP contribution in [0.4, 0.5) is 8.78 Å². The molecule has 0 bridgehead atoms. The minimum atomic E-state index is -1.04. The summed E-state index contributed by atoms with van der Waals surface area (Å²) < 4.78 is 28.1. The lowest BCUT2D eigenvalue weighted by atomic mass is 9.95. The Bertz CT molecular complexity index is 1680. The molecule has 4 rings (SSSR count). The van der Waals surface area contributed by atoms with Crippen LogP contribution < -0.4 is 11.1 Å². The highest BCUT2D eigenvalue weighted by molar-refractivity contribution is 5.95. The summed E-state index contributed by atoms with van der Waals surface area (Å²) in [5.74, 6) is -3.04. The first-order valence-corrected chi connectivity index (χ1v) is 17.6. The van der Waals surface area contributed by atoms with Gasteiger partial charge in [0.2, 0.25) is 17.7 Å². The highest BCUT2D eigenvalue weighted by Gasteiger charge is 2.35. The number of halogens is 2. The van der Waals surface area contributed by atoms with Gasteiger partial charge in [-0.2, -0.15) is 0 Å². The molecule has 1 fully saturated rings. The Morgan fingerprint density at radius 3 is 2.26 bits per heavy atom. The molecule has 1 saturated heterocycles. The molecule has 0 radical (unpaired) electrons. The number of nitrogens with two attached hydrogens (primary N) is 1. The van der Waals surface area contributed by atoms with Crippen LogP contribution >= 0.6 is 0 Å². The van der Waals surface area contributed by atoms with Crippen molar-refractivity contribution in [2.24, 2.45) is 11.7 Å². The van der Waals surface area contributed by atoms with Gasteiger partial charge in [-0.15, -0.1) is 0 Å². The van der Waals surface area contributed by atoms with Crippen LogP contribution in [0.3, 0.4) is 0 Å². The van der Waals surface area contributed by atoms with E-state index in [1.54, 1.807) is 13.1 Å². The zero-order valence-electron chi connectivity index (χ0n) is 30.3. The highest BCUT2D eigenvalue weighted by Crippen LogP contribution is 2.22. The SMILES string of the molecule is C/C(=C\C(=O)N(C)[C@H](Cc1ccc2ccccc2c1)C(=O)N(C)[C@H](Cc1ccc(F)c(F)c1)C(=O)NCCC1CCCN1C)CC(C)C(C)N. The summed E-state index contributed by atoms with van der Waals surface area (Å²) in [6.45, 7) is 7.26. The van der Waals surface area contributed by atoms with Gasteiger partial charge in [0.15, 0.2) is 11.6 Å². The number of hydrogen-bond acceptors (Lipinski definition) is 5. The fourth-order valence-corrected chi connectivity index (χ4v) is 6.71. The molecule has 3 amide bonds. The molecule has 3 unspecified atom stereocenters. The highest BCUT2D eigenvalue weighted by atomic mass is 19.2. The van der Waals surface area contributed by atoms with Crippen LogP contribution in [0.5, 0.6) is 0 Å². The van der Waals surface area contributed by atoms with Gasteiger partial charge in [0, 0.05) is 51.6 Å². The molecule has 0 spiro atoms. The summed E-state index contributed by atoms with van der Waals surface area (Å²) in [6, 6.07) is 15.6. The van der Waals surface area contributed by atoms with Crippen LogP contribution in [0.25, 0.3) is 10.8 Å². The Morgan fingerprint density at radius 2 is 1.60 bits per heavy atom. The Morgan fingerprint density at radius 1 is 0.940 bits per heavy atom. The van der Waals surface area contributed by atoms with E-state index >= 15 is 0 Å². The third-order valence-corrected chi connectivity index (χ3v) is 10.2. The van der Waals surface area contributed by atoms with E-state index in [-0.39, 0.29) is 30.7 Å². The first kappa shape index (κ1) is 38.6. The van der Waals surface area contributed by atoms with E-state index in [0.717, 1.165) is 59.8 Å². The molecular weight excluding hydrogens is 636 g/mol. The van der Waals surface area contributed by atoms with Crippen LogP contribution in [-0.2, 0) is 27.2 Å². The van der Waals surface area contributed by atoms with E-state index in [1.165, 1.54) is 22.9 Å². The van der Waals surface area contributed by atoms with Crippen molar-refractivity contribution in [1.29, 1.82) is 0 Å². The van der Waals surface area contributed by atoms with Crippen molar-refractivity contribution >= 4 is 28.5 Å². The zero-order valence-corrected chi connectivity index (χ0v) is 30.3. The Hall–Kier alpha value is -4.15. The number of benzene rings is 3. The molecule has 5 atom stereocenters. The molecule has 0 aromatic heterocycles. The second-order valence-corrected chi connectivity index (χ2v) is 14.2. The van der Waals surface area contributed by atoms with Gasteiger partial charge in [0.05, 0.1) is 0 Å². The predicted molar refractivity (Wildman–Crippen MR) is 195 cm³/mol. The molecule has 3 aromatic rings. The molecule has 8 nitrogen and oxygen atoms in total. The maximum Gasteiger partial charge on any atom is 0.246 e. The number of hydrogen-bond donors (Lipinski definition) is 2. The molecule has 1 heterocycles. The fourth-order valence-electron chi connectivity index (χ4n) is 6.71. The average Bonchev–Trinajstić information content (AvgIpc) is 3.50. The van der Waals surface area contributed by atoms with Crippen LogP contribution in [0.15, 0.2) is 72.3 Å². The Kier molecular flexibility index (Phi) is 13.7. The molecular formula is C40H53F2N5O3. The van der Waals surface area contributed by atoms with E-state index < -0.39 is 35.5 Å². The zero-order chi connectivity index (χ0) is 36.5. The van der Waals surface area contributed by atoms with E-state index in [1.807, 2.05) is 63.2 Å². The maximum absolute atomic E-state index is 14.6. The van der Waals surface area contributed by atoms with E-state index in [0.29, 0.717) is 24.6 Å². The van der Waals surface area contributed by atoms with Crippen molar-refractivity contribution in [2.45, 2.75) is 83.5 Å². The van der Waals surface area contributed by atoms with Crippen molar-refractivity contribution in [3.05, 3.63) is 95.1 Å². The molecule has 1 aliphatic heterocycles. The number of likely N-dealkylation sites (tertiary alicyclic amines) is 1. The molecule has 270 valence electrons. The number of carbonyl (C=O) groups is 3. The van der Waals surface area contributed by atoms with Gasteiger partial charge in [-0.05, 0) is 93.1 Å². The van der Waals surface area contributed by atoms with Gasteiger partial charge in [0.1, 0.15) is 12.1 Å². The monoisotopic (exact) mass is 689 g/mol. The number of rotatable bonds is 15. The van der Waals surface area contributed by atoms with Crippen molar-refractivity contribution < 1.29 is 23.2 Å². The number of allylic oxidation sites excluding steroid dienone is 1. The third kappa shape index (κ3) is 10.2. The lowest BCUT2D eigenvalue weighted by Gasteiger charge is -2.34. The number of nitrogens with one attached hydrogen (secondary N) is 1. The molecule has 3 N–H and O–H groups in total. The summed E-state index contributed by atoms with van der Waals surface area (Å²) in [5.41, 5.74) is 8.14. The number of carbonyl (C=O) groups excluding carboxylic acids is 3. The van der Waals surface area contributed by atoms with Gasteiger partial charge in [-0.25, -0.2) is 8.78 Å². The quantitative estimate of drug-likeness (QED) is 0.206. The second kappa shape index (κ2) is 17.7. The van der Waals surface area contributed by atoms with E-state index in [2.05, 4.69) is 17.3 Å². The predicted octanol–water partition coefficient (Wildman–Crippen LogP) is 5.48. The van der Waals surface area contributed by atoms with Crippen LogP contribution in [0.2, 0.25) is 0 Å². The van der Waals surface area contributed by atoms with Gasteiger partial charge in [-0.3, -0.25) is 14.4 Å². The lowest BCUT2D eigenvalue weighted by molar-refractivity contribution is -0.146. The standard InChI is InChI=1S/C40H53F2N5O3/c1-26(20-27(2)28(3)43)21-38(48)46(5)37(25-29-13-15-31-10-7-8-11-32(31)22-29)40(50)47(6)36(24-30-14-16-34(41)35(42)23-30)39(49)44-18-17-33-12-9-19-45(33)4/h7-8,10-11,13-16,21-23,27-28,33,36-37H,9,12,17-20,24-25,43H2,1-6H3,(H,44,49)/b26-21+/t27?,28?,33?,36-,37-/m1/s1. The summed E-state index contributed by atoms with van der Waals surface area (Å²) in [5, 5.41) is 5.05. The number of amides is 3. The molecule has 0 saturated carbocycles. The minimum absolute atomic E-state index is 0.0386. The topological polar surface area (TPSA) is 99.0 Å². The Balaban J connectivity index is 1.64. The summed E-state index contributed by atoms with van der Waals surface area (Å²) in [7, 11) is 5.21. The van der Waals surface area contributed by atoms with Crippen molar-refractivity contribution in [3.63, 3.8) is 0 Å². The van der Waals surface area contributed by atoms with Gasteiger partial charge in [0.25, 0.3) is 0 Å². The third-order valence-electron chi connectivity index (χ3n) is 10.2. The van der Waals surface area contributed by atoms with Crippen molar-refractivity contribution in [1.82, 2.24) is 20.0 Å². The molecule has 50 heavy (non-hydrogen) atoms. The van der Waals surface area contributed by atoms with Crippen LogP contribution in [0, 0.1) is 17.6 Å². The minimum Gasteiger partial charge on any atom is -0.354 e. The molecule has 10 heteroatoms. The van der Waals surface area contributed by atoms with E-state index in [4.69, 9.17) is 5.73 Å². The molecule has 3 aromatic carbocycles. The second-order valence-electron chi connectivity index (χ2n) is 14.2. The maximum atomic E-state index is 14.6. The fraction of sp³-hybridized carbons (Fsp3) is 0.475.